The van der Waals surface area contributed by atoms with Crippen LogP contribution in [0.2, 0.25) is 0 Å². The lowest BCUT2D eigenvalue weighted by Crippen LogP contribution is -2.38. The minimum atomic E-state index is -0.437. The van der Waals surface area contributed by atoms with Crippen LogP contribution < -0.4 is 0 Å². The van der Waals surface area contributed by atoms with Crippen LogP contribution in [0.5, 0.6) is 11.5 Å². The molecule has 1 amide bonds. The molecule has 1 fully saturated rings. The van der Waals surface area contributed by atoms with E-state index in [0.29, 0.717) is 25.9 Å². The molecule has 0 radical (unpaired) electrons. The number of carbonyl (C=O) groups is 2. The van der Waals surface area contributed by atoms with Gasteiger partial charge in [0.15, 0.2) is 0 Å². The first-order valence-corrected chi connectivity index (χ1v) is 5.41. The number of aromatic hydroxyl groups is 2. The van der Waals surface area contributed by atoms with Gasteiger partial charge in [-0.25, -0.2) is 0 Å². The van der Waals surface area contributed by atoms with E-state index in [2.05, 4.69) is 0 Å². The lowest BCUT2D eigenvalue weighted by molar-refractivity contribution is -0.120. The first-order chi connectivity index (χ1) is 8.09. The van der Waals surface area contributed by atoms with Gasteiger partial charge in [0.05, 0.1) is 0 Å². The number of ketones is 1. The van der Waals surface area contributed by atoms with Crippen molar-refractivity contribution in [2.45, 2.75) is 12.8 Å². The molecule has 1 aliphatic heterocycles. The second kappa shape index (κ2) is 4.45. The van der Waals surface area contributed by atoms with E-state index in [1.165, 1.54) is 23.1 Å². The number of carbonyl (C=O) groups excluding carboxylic acids is 2. The van der Waals surface area contributed by atoms with Crippen molar-refractivity contribution < 1.29 is 19.8 Å². The second-order valence-corrected chi connectivity index (χ2v) is 4.00. The summed E-state index contributed by atoms with van der Waals surface area (Å²) in [5.41, 5.74) is -0.0955. The number of hydrogen-bond donors (Lipinski definition) is 2. The van der Waals surface area contributed by atoms with Crippen molar-refractivity contribution in [3.05, 3.63) is 23.8 Å². The van der Waals surface area contributed by atoms with Crippen LogP contribution >= 0.6 is 0 Å². The molecule has 0 saturated carbocycles. The van der Waals surface area contributed by atoms with Crippen molar-refractivity contribution in [3.63, 3.8) is 0 Å². The van der Waals surface area contributed by atoms with Gasteiger partial charge in [-0.1, -0.05) is 6.07 Å². The first kappa shape index (κ1) is 11.4. The van der Waals surface area contributed by atoms with E-state index >= 15 is 0 Å². The number of nitrogens with zero attached hydrogens (tertiary/aromatic N) is 1. The molecule has 0 atom stereocenters. The van der Waals surface area contributed by atoms with E-state index in [-0.39, 0.29) is 22.8 Å². The number of rotatable bonds is 1. The molecule has 1 aliphatic rings. The van der Waals surface area contributed by atoms with Crippen LogP contribution in [0.3, 0.4) is 0 Å². The molecule has 90 valence electrons. The quantitative estimate of drug-likeness (QED) is 0.758. The van der Waals surface area contributed by atoms with E-state index in [1.54, 1.807) is 0 Å². The van der Waals surface area contributed by atoms with Crippen LogP contribution in [-0.4, -0.2) is 39.9 Å². The normalized spacial score (nSPS) is 16.0. The Morgan fingerprint density at radius 2 is 1.65 bits per heavy atom. The molecule has 2 N–H and O–H groups in total. The molecule has 1 aromatic rings. The highest BCUT2D eigenvalue weighted by molar-refractivity contribution is 6.00. The molecule has 0 unspecified atom stereocenters. The van der Waals surface area contributed by atoms with Crippen LogP contribution in [0, 0.1) is 0 Å². The van der Waals surface area contributed by atoms with Crippen molar-refractivity contribution in [3.8, 4) is 11.5 Å². The van der Waals surface area contributed by atoms with Crippen molar-refractivity contribution >= 4 is 11.7 Å². The molecule has 17 heavy (non-hydrogen) atoms. The third-order valence-electron chi connectivity index (χ3n) is 2.84. The summed E-state index contributed by atoms with van der Waals surface area (Å²) in [6, 6.07) is 4.16. The standard InChI is InChI=1S/C12H13NO4/c14-8-4-6-13(7-5-8)12(17)11-9(15)2-1-3-10(11)16/h1-3,15-16H,4-7H2. The average molecular weight is 235 g/mol. The van der Waals surface area contributed by atoms with E-state index in [0.717, 1.165) is 0 Å². The van der Waals surface area contributed by atoms with E-state index in [4.69, 9.17) is 0 Å². The Morgan fingerprint density at radius 1 is 1.12 bits per heavy atom. The summed E-state index contributed by atoms with van der Waals surface area (Å²) in [6.45, 7) is 0.677. The van der Waals surface area contributed by atoms with Crippen LogP contribution in [0.1, 0.15) is 23.2 Å². The number of hydrogen-bond acceptors (Lipinski definition) is 4. The maximum absolute atomic E-state index is 12.0. The third-order valence-corrected chi connectivity index (χ3v) is 2.84. The zero-order valence-electron chi connectivity index (χ0n) is 9.22. The lowest BCUT2D eigenvalue weighted by Gasteiger charge is -2.26. The van der Waals surface area contributed by atoms with Gasteiger partial charge in [-0.05, 0) is 12.1 Å². The van der Waals surface area contributed by atoms with Gasteiger partial charge in [0.25, 0.3) is 5.91 Å². The van der Waals surface area contributed by atoms with E-state index in [1.807, 2.05) is 0 Å². The van der Waals surface area contributed by atoms with Gasteiger partial charge < -0.3 is 15.1 Å². The molecule has 5 nitrogen and oxygen atoms in total. The highest BCUT2D eigenvalue weighted by Gasteiger charge is 2.25. The molecule has 0 spiro atoms. The van der Waals surface area contributed by atoms with Gasteiger partial charge >= 0.3 is 0 Å². The van der Waals surface area contributed by atoms with Gasteiger partial charge in [-0.3, -0.25) is 9.59 Å². The Morgan fingerprint density at radius 3 is 2.18 bits per heavy atom. The first-order valence-electron chi connectivity index (χ1n) is 5.41. The van der Waals surface area contributed by atoms with Crippen molar-refractivity contribution in [2.75, 3.05) is 13.1 Å². The summed E-state index contributed by atoms with van der Waals surface area (Å²) in [5, 5.41) is 19.1. The topological polar surface area (TPSA) is 77.8 Å². The smallest absolute Gasteiger partial charge is 0.261 e. The predicted octanol–water partition coefficient (Wildman–Crippen LogP) is 0.903. The van der Waals surface area contributed by atoms with Crippen molar-refractivity contribution in [1.29, 1.82) is 0 Å². The average Bonchev–Trinajstić information content (AvgIpc) is 2.29. The lowest BCUT2D eigenvalue weighted by atomic mass is 10.1. The summed E-state index contributed by atoms with van der Waals surface area (Å²) in [4.78, 5) is 24.6. The maximum Gasteiger partial charge on any atom is 0.261 e. The van der Waals surface area contributed by atoms with E-state index < -0.39 is 5.91 Å². The molecule has 1 aromatic carbocycles. The Balaban J connectivity index is 2.22. The number of phenolic OH excluding ortho intramolecular Hbond substituents is 2. The van der Waals surface area contributed by atoms with Gasteiger partial charge in [0.1, 0.15) is 22.8 Å². The van der Waals surface area contributed by atoms with Gasteiger partial charge in [-0.15, -0.1) is 0 Å². The van der Waals surface area contributed by atoms with Crippen molar-refractivity contribution in [1.82, 2.24) is 4.90 Å². The minimum Gasteiger partial charge on any atom is -0.507 e. The number of piperidine rings is 1. The summed E-state index contributed by atoms with van der Waals surface area (Å²) in [5.74, 6) is -0.789. The monoisotopic (exact) mass is 235 g/mol. The van der Waals surface area contributed by atoms with Crippen LogP contribution in [0.15, 0.2) is 18.2 Å². The molecule has 0 aliphatic carbocycles. The van der Waals surface area contributed by atoms with Gasteiger partial charge in [0.2, 0.25) is 0 Å². The Hall–Kier alpha value is -2.04. The second-order valence-electron chi connectivity index (χ2n) is 4.00. The summed E-state index contributed by atoms with van der Waals surface area (Å²) < 4.78 is 0. The fraction of sp³-hybridized carbons (Fsp3) is 0.333. The fourth-order valence-corrected chi connectivity index (χ4v) is 1.86. The molecule has 0 bridgehead atoms. The zero-order valence-corrected chi connectivity index (χ0v) is 9.22. The van der Waals surface area contributed by atoms with Crippen molar-refractivity contribution in [2.24, 2.45) is 0 Å². The molecule has 1 heterocycles. The Kier molecular flexibility index (Phi) is 2.99. The number of benzene rings is 1. The molecule has 5 heteroatoms. The molecular formula is C12H13NO4. The number of likely N-dealkylation sites (tertiary alicyclic amines) is 1. The zero-order chi connectivity index (χ0) is 12.4. The van der Waals surface area contributed by atoms with Crippen LogP contribution in [0.25, 0.3) is 0 Å². The molecule has 2 rings (SSSR count). The van der Waals surface area contributed by atoms with E-state index in [9.17, 15) is 19.8 Å². The molecule has 1 saturated heterocycles. The summed E-state index contributed by atoms with van der Waals surface area (Å²) in [6.07, 6.45) is 0.667. The fourth-order valence-electron chi connectivity index (χ4n) is 1.86. The third kappa shape index (κ3) is 2.22. The minimum absolute atomic E-state index is 0.0955. The number of amides is 1. The molecule has 0 aromatic heterocycles. The highest BCUT2D eigenvalue weighted by atomic mass is 16.3. The highest BCUT2D eigenvalue weighted by Crippen LogP contribution is 2.28. The van der Waals surface area contributed by atoms with Crippen LogP contribution in [-0.2, 0) is 4.79 Å². The SMILES string of the molecule is O=C1CCN(C(=O)c2c(O)cccc2O)CC1. The van der Waals surface area contributed by atoms with Crippen LogP contribution in [0.4, 0.5) is 0 Å². The predicted molar refractivity (Wildman–Crippen MR) is 59.9 cm³/mol. The summed E-state index contributed by atoms with van der Waals surface area (Å²) in [7, 11) is 0. The van der Waals surface area contributed by atoms with Gasteiger partial charge in [0, 0.05) is 25.9 Å². The Labute approximate surface area is 98.3 Å². The number of Topliss-reactive ketones (excluding diaryl/α,β-unsaturated/α-hetero) is 1. The maximum atomic E-state index is 12.0. The Bertz CT molecular complexity index is 439. The summed E-state index contributed by atoms with van der Waals surface area (Å²) >= 11 is 0. The number of phenols is 2. The molecular weight excluding hydrogens is 222 g/mol. The van der Waals surface area contributed by atoms with Gasteiger partial charge in [-0.2, -0.15) is 0 Å². The largest absolute Gasteiger partial charge is 0.507 e.